The van der Waals surface area contributed by atoms with Gasteiger partial charge in [-0.25, -0.2) is 0 Å². The zero-order valence-electron chi connectivity index (χ0n) is 14.8. The summed E-state index contributed by atoms with van der Waals surface area (Å²) in [6, 6.07) is 18.0. The second kappa shape index (κ2) is 7.50. The van der Waals surface area contributed by atoms with Crippen LogP contribution in [-0.4, -0.2) is 19.9 Å². The zero-order valence-corrected chi connectivity index (χ0v) is 17.3. The van der Waals surface area contributed by atoms with E-state index in [0.717, 1.165) is 21.8 Å². The summed E-state index contributed by atoms with van der Waals surface area (Å²) in [7, 11) is -3.84. The van der Waals surface area contributed by atoms with E-state index in [4.69, 9.17) is 0 Å². The fraction of sp³-hybridized carbons (Fsp3) is 0.0476. The molecule has 0 N–H and O–H groups in total. The normalized spacial score (nSPS) is 15.4. The van der Waals surface area contributed by atoms with E-state index < -0.39 is 10.0 Å². The number of thiophene rings is 1. The van der Waals surface area contributed by atoms with Crippen molar-refractivity contribution in [2.75, 3.05) is 0 Å². The molecule has 0 unspecified atom stereocenters. The summed E-state index contributed by atoms with van der Waals surface area (Å²) in [4.78, 5) is 14.3. The Bertz CT molecular complexity index is 1210. The van der Waals surface area contributed by atoms with Gasteiger partial charge in [-0.3, -0.25) is 4.79 Å². The van der Waals surface area contributed by atoms with Gasteiger partial charge in [0.05, 0.1) is 10.6 Å². The van der Waals surface area contributed by atoms with Crippen molar-refractivity contribution in [3.05, 3.63) is 93.7 Å². The Hall–Kier alpha value is -2.48. The van der Waals surface area contributed by atoms with Crippen molar-refractivity contribution >= 4 is 44.6 Å². The minimum atomic E-state index is -3.84. The van der Waals surface area contributed by atoms with Gasteiger partial charge in [-0.2, -0.15) is 12.8 Å². The molecule has 4 rings (SSSR count). The molecule has 0 fully saturated rings. The van der Waals surface area contributed by atoms with Crippen LogP contribution in [0.3, 0.4) is 0 Å². The molecule has 4 nitrogen and oxygen atoms in total. The Morgan fingerprint density at radius 2 is 1.64 bits per heavy atom. The molecule has 0 saturated heterocycles. The topological polar surface area (TPSA) is 63.6 Å². The van der Waals surface area contributed by atoms with Crippen molar-refractivity contribution < 1.29 is 13.2 Å². The average Bonchev–Trinajstić information content (AvgIpc) is 3.23. The van der Waals surface area contributed by atoms with Crippen LogP contribution in [0.5, 0.6) is 0 Å². The first kappa shape index (κ1) is 18.9. The average molecular weight is 426 g/mol. The molecule has 3 aromatic rings. The number of ketones is 1. The lowest BCUT2D eigenvalue weighted by molar-refractivity contribution is 0.104. The molecule has 0 spiro atoms. The Kier molecular flexibility index (Phi) is 5.05. The van der Waals surface area contributed by atoms with Crippen LogP contribution in [0.4, 0.5) is 0 Å². The van der Waals surface area contributed by atoms with Gasteiger partial charge in [0.2, 0.25) is 0 Å². The van der Waals surface area contributed by atoms with Crippen LogP contribution >= 0.6 is 23.1 Å². The molecule has 1 aliphatic carbocycles. The monoisotopic (exact) mass is 425 g/mol. The molecule has 1 aromatic heterocycles. The van der Waals surface area contributed by atoms with Crippen molar-refractivity contribution in [1.29, 1.82) is 0 Å². The number of sulfonamides is 1. The van der Waals surface area contributed by atoms with E-state index in [1.54, 1.807) is 41.8 Å². The largest absolute Gasteiger partial charge is 0.292 e. The fourth-order valence-corrected chi connectivity index (χ4v) is 5.64. The third-order valence-electron chi connectivity index (χ3n) is 4.16. The highest BCUT2D eigenvalue weighted by molar-refractivity contribution is 8.04. The van der Waals surface area contributed by atoms with Crippen molar-refractivity contribution in [3.63, 3.8) is 0 Å². The van der Waals surface area contributed by atoms with Gasteiger partial charge in [-0.1, -0.05) is 59.8 Å². The molecule has 140 valence electrons. The first-order chi connectivity index (χ1) is 13.4. The summed E-state index contributed by atoms with van der Waals surface area (Å²) in [5, 5.41) is 1.69. The van der Waals surface area contributed by atoms with E-state index in [1.165, 1.54) is 17.8 Å². The van der Waals surface area contributed by atoms with Gasteiger partial charge < -0.3 is 0 Å². The summed E-state index contributed by atoms with van der Waals surface area (Å²) >= 11 is 2.43. The number of rotatable bonds is 4. The van der Waals surface area contributed by atoms with E-state index in [2.05, 4.69) is 4.40 Å². The van der Waals surface area contributed by atoms with Crippen molar-refractivity contribution in [1.82, 2.24) is 0 Å². The highest BCUT2D eigenvalue weighted by atomic mass is 32.2. The molecule has 0 saturated carbocycles. The van der Waals surface area contributed by atoms with Crippen LogP contribution in [-0.2, 0) is 10.0 Å². The van der Waals surface area contributed by atoms with Gasteiger partial charge in [0.15, 0.2) is 5.78 Å². The summed E-state index contributed by atoms with van der Waals surface area (Å²) in [5.74, 6) is -0.131. The molecule has 1 heterocycles. The van der Waals surface area contributed by atoms with Crippen LogP contribution in [0.25, 0.3) is 0 Å². The lowest BCUT2D eigenvalue weighted by atomic mass is 9.94. The Morgan fingerprint density at radius 1 is 0.929 bits per heavy atom. The lowest BCUT2D eigenvalue weighted by Crippen LogP contribution is -2.17. The first-order valence-electron chi connectivity index (χ1n) is 8.43. The predicted molar refractivity (Wildman–Crippen MR) is 114 cm³/mol. The number of carbonyl (C=O) groups excluding carboxylic acids is 1. The third kappa shape index (κ3) is 3.73. The molecular weight excluding hydrogens is 410 g/mol. The molecule has 7 heteroatoms. The quantitative estimate of drug-likeness (QED) is 0.583. The fourth-order valence-electron chi connectivity index (χ4n) is 2.77. The maximum absolute atomic E-state index is 12.9. The Balaban J connectivity index is 1.81. The maximum Gasteiger partial charge on any atom is 0.292 e. The molecule has 0 aliphatic heterocycles. The van der Waals surface area contributed by atoms with E-state index in [0.29, 0.717) is 16.0 Å². The highest BCUT2D eigenvalue weighted by Crippen LogP contribution is 2.34. The summed E-state index contributed by atoms with van der Waals surface area (Å²) in [6.45, 7) is 2.00. The number of allylic oxidation sites excluding steroid dienone is 2. The molecule has 0 bridgehead atoms. The van der Waals surface area contributed by atoms with Gasteiger partial charge >= 0.3 is 0 Å². The molecule has 0 amide bonds. The number of nitrogens with zero attached hydrogens (tertiary/aromatic N) is 1. The van der Waals surface area contributed by atoms with Gasteiger partial charge in [0.25, 0.3) is 10.0 Å². The van der Waals surface area contributed by atoms with Gasteiger partial charge in [-0.15, -0.1) is 11.3 Å². The third-order valence-corrected chi connectivity index (χ3v) is 7.85. The van der Waals surface area contributed by atoms with Crippen molar-refractivity contribution in [2.45, 2.75) is 16.0 Å². The number of hydrogen-bond acceptors (Lipinski definition) is 5. The molecule has 0 radical (unpaired) electrons. The number of aryl methyl sites for hydroxylation is 1. The van der Waals surface area contributed by atoms with Crippen LogP contribution in [0.2, 0.25) is 0 Å². The van der Waals surface area contributed by atoms with Crippen molar-refractivity contribution in [3.8, 4) is 0 Å². The zero-order chi connectivity index (χ0) is 19.7. The number of Topliss-reactive ketones (excluding diaryl/α,β-unsaturated/α-hetero) is 1. The summed E-state index contributed by atoms with van der Waals surface area (Å²) < 4.78 is 29.5. The van der Waals surface area contributed by atoms with Crippen molar-refractivity contribution in [2.24, 2.45) is 4.40 Å². The van der Waals surface area contributed by atoms with Crippen LogP contribution < -0.4 is 0 Å². The van der Waals surface area contributed by atoms with Gasteiger partial charge in [0.1, 0.15) is 4.21 Å². The lowest BCUT2D eigenvalue weighted by Gasteiger charge is -2.17. The number of carbonyl (C=O) groups is 1. The minimum absolute atomic E-state index is 0.131. The van der Waals surface area contributed by atoms with Crippen LogP contribution in [0.1, 0.15) is 21.5 Å². The Morgan fingerprint density at radius 3 is 2.32 bits per heavy atom. The molecular formula is C21H15NO3S3. The number of fused-ring (bicyclic) bond motifs is 1. The number of hydrogen-bond donors (Lipinski definition) is 0. The van der Waals surface area contributed by atoms with Gasteiger partial charge in [-0.05, 0) is 36.6 Å². The smallest absolute Gasteiger partial charge is 0.288 e. The molecule has 2 aromatic carbocycles. The van der Waals surface area contributed by atoms with E-state index in [-0.39, 0.29) is 15.7 Å². The van der Waals surface area contributed by atoms with E-state index in [9.17, 15) is 13.2 Å². The summed E-state index contributed by atoms with van der Waals surface area (Å²) in [5.41, 5.74) is 2.39. The Labute approximate surface area is 171 Å². The molecule has 1 aliphatic rings. The SMILES string of the molecule is Cc1ccc(SC2=CC(=NS(=O)(=O)c3cccs3)c3ccccc3C2=O)cc1. The predicted octanol–water partition coefficient (Wildman–Crippen LogP) is 5.11. The minimum Gasteiger partial charge on any atom is -0.288 e. The standard InChI is InChI=1S/C21H15NO3S3/c1-14-8-10-15(11-9-14)27-19-13-18(16-5-2-3-6-17(16)21(19)23)22-28(24,25)20-7-4-12-26-20/h2-13H,1H3. The second-order valence-electron chi connectivity index (χ2n) is 6.18. The van der Waals surface area contributed by atoms with Crippen LogP contribution in [0, 0.1) is 6.92 Å². The highest BCUT2D eigenvalue weighted by Gasteiger charge is 2.26. The number of thioether (sulfide) groups is 1. The first-order valence-corrected chi connectivity index (χ1v) is 11.6. The van der Waals surface area contributed by atoms with Crippen LogP contribution in [0.15, 0.2) is 90.5 Å². The molecule has 0 atom stereocenters. The maximum atomic E-state index is 12.9. The molecule has 28 heavy (non-hydrogen) atoms. The van der Waals surface area contributed by atoms with E-state index in [1.807, 2.05) is 31.2 Å². The van der Waals surface area contributed by atoms with E-state index >= 15 is 0 Å². The number of benzene rings is 2. The second-order valence-corrected chi connectivity index (χ2v) is 10.1. The van der Waals surface area contributed by atoms with Gasteiger partial charge in [0, 0.05) is 16.0 Å². The summed E-state index contributed by atoms with van der Waals surface area (Å²) in [6.07, 6.45) is 1.57.